The fourth-order valence-corrected chi connectivity index (χ4v) is 2.99. The van der Waals surface area contributed by atoms with Gasteiger partial charge in [0.2, 0.25) is 0 Å². The number of anilines is 1. The molecule has 23 heavy (non-hydrogen) atoms. The molecular formula is C16H21N5O2. The molecule has 7 nitrogen and oxygen atoms in total. The lowest BCUT2D eigenvalue weighted by Crippen LogP contribution is -2.19. The van der Waals surface area contributed by atoms with E-state index in [1.165, 1.54) is 12.8 Å². The molecule has 0 aromatic carbocycles. The van der Waals surface area contributed by atoms with Crippen LogP contribution < -0.4 is 5.32 Å². The standard InChI is InChI=1S/C16H21N5O2/c1-9-7-13(20-15(18-9)11-3-4-11)17-8-12-5-6-22-14(12)16-19-10(2)21-23-16/h7,11-12,14H,3-6,8H2,1-2H3,(H,17,18,20)/t12-,14-/m0/s1. The first-order valence-electron chi connectivity index (χ1n) is 8.20. The average molecular weight is 315 g/mol. The van der Waals surface area contributed by atoms with Crippen LogP contribution in [0.2, 0.25) is 0 Å². The molecule has 1 saturated carbocycles. The van der Waals surface area contributed by atoms with E-state index in [9.17, 15) is 0 Å². The molecular weight excluding hydrogens is 294 g/mol. The van der Waals surface area contributed by atoms with Crippen LogP contribution >= 0.6 is 0 Å². The van der Waals surface area contributed by atoms with E-state index in [4.69, 9.17) is 9.26 Å². The van der Waals surface area contributed by atoms with Gasteiger partial charge in [-0.05, 0) is 33.1 Å². The number of nitrogens with one attached hydrogen (secondary N) is 1. The summed E-state index contributed by atoms with van der Waals surface area (Å²) in [6, 6.07) is 1.99. The van der Waals surface area contributed by atoms with Crippen LogP contribution in [0.15, 0.2) is 10.6 Å². The fraction of sp³-hybridized carbons (Fsp3) is 0.625. The Kier molecular flexibility index (Phi) is 3.72. The van der Waals surface area contributed by atoms with Gasteiger partial charge in [-0.1, -0.05) is 5.16 Å². The predicted molar refractivity (Wildman–Crippen MR) is 83.1 cm³/mol. The second kappa shape index (κ2) is 5.88. The molecule has 0 amide bonds. The highest BCUT2D eigenvalue weighted by Crippen LogP contribution is 2.38. The number of aryl methyl sites for hydroxylation is 2. The normalized spacial score (nSPS) is 24.1. The summed E-state index contributed by atoms with van der Waals surface area (Å²) < 4.78 is 11.0. The number of hydrogen-bond donors (Lipinski definition) is 1. The van der Waals surface area contributed by atoms with Crippen molar-refractivity contribution >= 4 is 5.82 Å². The third-order valence-electron chi connectivity index (χ3n) is 4.36. The van der Waals surface area contributed by atoms with E-state index in [0.717, 1.165) is 30.3 Å². The van der Waals surface area contributed by atoms with Gasteiger partial charge in [-0.3, -0.25) is 0 Å². The highest BCUT2D eigenvalue weighted by Gasteiger charge is 2.34. The van der Waals surface area contributed by atoms with E-state index in [-0.39, 0.29) is 6.10 Å². The van der Waals surface area contributed by atoms with Gasteiger partial charge < -0.3 is 14.6 Å². The maximum atomic E-state index is 5.78. The Morgan fingerprint density at radius 1 is 1.17 bits per heavy atom. The van der Waals surface area contributed by atoms with Gasteiger partial charge in [-0.25, -0.2) is 9.97 Å². The quantitative estimate of drug-likeness (QED) is 0.907. The van der Waals surface area contributed by atoms with Crippen LogP contribution in [0.4, 0.5) is 5.82 Å². The number of rotatable bonds is 5. The zero-order chi connectivity index (χ0) is 15.8. The highest BCUT2D eigenvalue weighted by atomic mass is 16.5. The first kappa shape index (κ1) is 14.6. The molecule has 0 bridgehead atoms. The summed E-state index contributed by atoms with van der Waals surface area (Å²) in [5, 5.41) is 7.29. The zero-order valence-corrected chi connectivity index (χ0v) is 13.5. The van der Waals surface area contributed by atoms with E-state index in [1.807, 2.05) is 19.9 Å². The number of nitrogens with zero attached hydrogens (tertiary/aromatic N) is 4. The van der Waals surface area contributed by atoms with Crippen LogP contribution in [-0.2, 0) is 4.74 Å². The lowest BCUT2D eigenvalue weighted by molar-refractivity contribution is 0.0650. The second-order valence-corrected chi connectivity index (χ2v) is 6.43. The van der Waals surface area contributed by atoms with Gasteiger partial charge >= 0.3 is 0 Å². The van der Waals surface area contributed by atoms with Gasteiger partial charge in [0, 0.05) is 36.7 Å². The largest absolute Gasteiger partial charge is 0.370 e. The third-order valence-corrected chi connectivity index (χ3v) is 4.36. The van der Waals surface area contributed by atoms with Crippen molar-refractivity contribution in [2.45, 2.75) is 45.1 Å². The summed E-state index contributed by atoms with van der Waals surface area (Å²) in [5.74, 6) is 3.94. The van der Waals surface area contributed by atoms with Gasteiger partial charge in [0.05, 0.1) is 0 Å². The molecule has 1 saturated heterocycles. The van der Waals surface area contributed by atoms with Gasteiger partial charge in [0.25, 0.3) is 5.89 Å². The van der Waals surface area contributed by atoms with Crippen LogP contribution in [0.1, 0.15) is 54.5 Å². The lowest BCUT2D eigenvalue weighted by Gasteiger charge is -2.16. The molecule has 0 radical (unpaired) electrons. The van der Waals surface area contributed by atoms with Gasteiger partial charge in [0.15, 0.2) is 5.82 Å². The molecule has 122 valence electrons. The van der Waals surface area contributed by atoms with Crippen molar-refractivity contribution in [2.24, 2.45) is 5.92 Å². The molecule has 7 heteroatoms. The third kappa shape index (κ3) is 3.19. The molecule has 2 atom stereocenters. The zero-order valence-electron chi connectivity index (χ0n) is 13.5. The van der Waals surface area contributed by atoms with Gasteiger partial charge in [0.1, 0.15) is 17.7 Å². The van der Waals surface area contributed by atoms with Crippen LogP contribution in [0, 0.1) is 19.8 Å². The Bertz CT molecular complexity index is 698. The molecule has 0 spiro atoms. The minimum Gasteiger partial charge on any atom is -0.370 e. The van der Waals surface area contributed by atoms with Crippen molar-refractivity contribution < 1.29 is 9.26 Å². The summed E-state index contributed by atoms with van der Waals surface area (Å²) in [6.07, 6.45) is 3.25. The number of ether oxygens (including phenoxy) is 1. The van der Waals surface area contributed by atoms with Crippen molar-refractivity contribution in [1.82, 2.24) is 20.1 Å². The lowest BCUT2D eigenvalue weighted by atomic mass is 10.0. The summed E-state index contributed by atoms with van der Waals surface area (Å²) >= 11 is 0. The summed E-state index contributed by atoms with van der Waals surface area (Å²) in [6.45, 7) is 5.32. The highest BCUT2D eigenvalue weighted by molar-refractivity contribution is 5.37. The Morgan fingerprint density at radius 3 is 2.78 bits per heavy atom. The van der Waals surface area contributed by atoms with Crippen molar-refractivity contribution in [1.29, 1.82) is 0 Å². The molecule has 2 fully saturated rings. The maximum absolute atomic E-state index is 5.78. The second-order valence-electron chi connectivity index (χ2n) is 6.43. The van der Waals surface area contributed by atoms with Crippen LogP contribution in [0.3, 0.4) is 0 Å². The Labute approximate surface area is 134 Å². The SMILES string of the molecule is Cc1cc(NC[C@@H]2CCO[C@@H]2c2nc(C)no2)nc(C2CC2)n1. The molecule has 1 aliphatic carbocycles. The van der Waals surface area contributed by atoms with E-state index in [2.05, 4.69) is 25.4 Å². The van der Waals surface area contributed by atoms with Crippen molar-refractivity contribution in [3.63, 3.8) is 0 Å². The molecule has 1 N–H and O–H groups in total. The van der Waals surface area contributed by atoms with E-state index in [1.54, 1.807) is 0 Å². The molecule has 2 aromatic rings. The predicted octanol–water partition coefficient (Wildman–Crippen LogP) is 2.54. The Balaban J connectivity index is 1.44. The smallest absolute Gasteiger partial charge is 0.256 e. The van der Waals surface area contributed by atoms with Gasteiger partial charge in [-0.2, -0.15) is 4.98 Å². The first-order chi connectivity index (χ1) is 11.2. The van der Waals surface area contributed by atoms with Crippen LogP contribution in [-0.4, -0.2) is 33.3 Å². The van der Waals surface area contributed by atoms with Crippen LogP contribution in [0.25, 0.3) is 0 Å². The topological polar surface area (TPSA) is 86.0 Å². The molecule has 4 rings (SSSR count). The minimum atomic E-state index is -0.130. The molecule has 3 heterocycles. The maximum Gasteiger partial charge on any atom is 0.256 e. The van der Waals surface area contributed by atoms with Crippen molar-refractivity contribution in [2.75, 3.05) is 18.5 Å². The average Bonchev–Trinajstić information content (AvgIpc) is 3.13. The summed E-state index contributed by atoms with van der Waals surface area (Å²) in [4.78, 5) is 13.5. The van der Waals surface area contributed by atoms with Crippen LogP contribution in [0.5, 0.6) is 0 Å². The molecule has 2 aliphatic rings. The van der Waals surface area contributed by atoms with Gasteiger partial charge in [-0.15, -0.1) is 0 Å². The fourth-order valence-electron chi connectivity index (χ4n) is 2.99. The monoisotopic (exact) mass is 315 g/mol. The van der Waals surface area contributed by atoms with E-state index < -0.39 is 0 Å². The number of aromatic nitrogens is 4. The number of hydrogen-bond acceptors (Lipinski definition) is 7. The van der Waals surface area contributed by atoms with E-state index >= 15 is 0 Å². The first-order valence-corrected chi connectivity index (χ1v) is 8.20. The van der Waals surface area contributed by atoms with Crippen molar-refractivity contribution in [3.05, 3.63) is 29.3 Å². The van der Waals surface area contributed by atoms with E-state index in [0.29, 0.717) is 30.2 Å². The summed E-state index contributed by atoms with van der Waals surface area (Å²) in [5.41, 5.74) is 1.01. The van der Waals surface area contributed by atoms with Crippen molar-refractivity contribution in [3.8, 4) is 0 Å². The minimum absolute atomic E-state index is 0.130. The molecule has 1 aliphatic heterocycles. The molecule has 2 aromatic heterocycles. The Morgan fingerprint density at radius 2 is 2.04 bits per heavy atom. The summed E-state index contributed by atoms with van der Waals surface area (Å²) in [7, 11) is 0. The Hall–Kier alpha value is -2.02. The molecule has 0 unspecified atom stereocenters.